The molecule has 2 rings (SSSR count). The van der Waals surface area contributed by atoms with Crippen LogP contribution in [0.2, 0.25) is 0 Å². The molecule has 1 amide bonds. The van der Waals surface area contributed by atoms with Gasteiger partial charge in [0.1, 0.15) is 5.75 Å². The van der Waals surface area contributed by atoms with Gasteiger partial charge >= 0.3 is 0 Å². The van der Waals surface area contributed by atoms with Crippen molar-refractivity contribution in [1.82, 2.24) is 4.90 Å². The third-order valence-electron chi connectivity index (χ3n) is 2.88. The van der Waals surface area contributed by atoms with Gasteiger partial charge in [-0.3, -0.25) is 4.79 Å². The lowest BCUT2D eigenvalue weighted by atomic mass is 10.2. The van der Waals surface area contributed by atoms with Crippen LogP contribution in [0.1, 0.15) is 5.56 Å². The Kier molecular flexibility index (Phi) is 3.64. The summed E-state index contributed by atoms with van der Waals surface area (Å²) in [7, 11) is 0. The summed E-state index contributed by atoms with van der Waals surface area (Å²) in [4.78, 5) is 13.1. The molecule has 0 spiro atoms. The van der Waals surface area contributed by atoms with Crippen LogP contribution >= 0.6 is 0 Å². The summed E-state index contributed by atoms with van der Waals surface area (Å²) in [6, 6.07) is 6.45. The summed E-state index contributed by atoms with van der Waals surface area (Å²) in [5.74, 6) is -0.0806. The van der Waals surface area contributed by atoms with E-state index in [-0.39, 0.29) is 24.7 Å². The first kappa shape index (κ1) is 12.6. The Morgan fingerprint density at radius 1 is 1.17 bits per heavy atom. The number of likely N-dealkylation sites (tertiary alicyclic amines) is 1. The molecule has 0 unspecified atom stereocenters. The number of carbonyl (C=O) groups is 1. The van der Waals surface area contributed by atoms with E-state index in [4.69, 9.17) is 5.11 Å². The third kappa shape index (κ3) is 2.88. The SMILES string of the molecule is O=C(/C=C/c1ccc(O)cc1)N1C[C@H](O)[C@@H](O)C1. The lowest BCUT2D eigenvalue weighted by Crippen LogP contribution is -2.27. The zero-order valence-electron chi connectivity index (χ0n) is 9.73. The molecule has 0 bridgehead atoms. The van der Waals surface area contributed by atoms with Gasteiger partial charge in [0, 0.05) is 19.2 Å². The number of amides is 1. The van der Waals surface area contributed by atoms with Gasteiger partial charge in [-0.05, 0) is 23.8 Å². The lowest BCUT2D eigenvalue weighted by Gasteiger charge is -2.11. The predicted octanol–water partition coefficient (Wildman–Crippen LogP) is -0.0306. The van der Waals surface area contributed by atoms with E-state index in [9.17, 15) is 15.0 Å². The maximum absolute atomic E-state index is 11.7. The molecule has 1 aliphatic rings. The zero-order valence-corrected chi connectivity index (χ0v) is 9.73. The van der Waals surface area contributed by atoms with Crippen LogP contribution in [0, 0.1) is 0 Å². The Hall–Kier alpha value is -1.85. The van der Waals surface area contributed by atoms with Crippen LogP contribution in [0.5, 0.6) is 5.75 Å². The Bertz CT molecular complexity index is 445. The van der Waals surface area contributed by atoms with Crippen molar-refractivity contribution in [3.8, 4) is 5.75 Å². The normalized spacial score (nSPS) is 23.8. The predicted molar refractivity (Wildman–Crippen MR) is 65.7 cm³/mol. The van der Waals surface area contributed by atoms with E-state index in [0.717, 1.165) is 5.56 Å². The number of β-amino-alcohol motifs (C(OH)–C–C–N with tert-alkyl or cyclic N) is 2. The number of aliphatic hydroxyl groups is 2. The van der Waals surface area contributed by atoms with E-state index in [1.54, 1.807) is 18.2 Å². The third-order valence-corrected chi connectivity index (χ3v) is 2.88. The largest absolute Gasteiger partial charge is 0.508 e. The van der Waals surface area contributed by atoms with Gasteiger partial charge < -0.3 is 20.2 Å². The van der Waals surface area contributed by atoms with E-state index in [1.165, 1.54) is 23.1 Å². The molecule has 1 aromatic carbocycles. The van der Waals surface area contributed by atoms with Crippen molar-refractivity contribution in [1.29, 1.82) is 0 Å². The molecule has 5 heteroatoms. The highest BCUT2D eigenvalue weighted by Gasteiger charge is 2.31. The van der Waals surface area contributed by atoms with E-state index in [2.05, 4.69) is 0 Å². The molecule has 3 N–H and O–H groups in total. The van der Waals surface area contributed by atoms with E-state index in [1.807, 2.05) is 0 Å². The minimum Gasteiger partial charge on any atom is -0.508 e. The molecule has 1 aromatic rings. The summed E-state index contributed by atoms with van der Waals surface area (Å²) in [6.07, 6.45) is 1.28. The Morgan fingerprint density at radius 2 is 1.72 bits per heavy atom. The fourth-order valence-electron chi connectivity index (χ4n) is 1.81. The maximum atomic E-state index is 11.7. The first-order chi connectivity index (χ1) is 8.56. The van der Waals surface area contributed by atoms with E-state index in [0.29, 0.717) is 0 Å². The lowest BCUT2D eigenvalue weighted by molar-refractivity contribution is -0.125. The van der Waals surface area contributed by atoms with Crippen LogP contribution in [0.4, 0.5) is 0 Å². The first-order valence-corrected chi connectivity index (χ1v) is 5.68. The number of hydrogen-bond acceptors (Lipinski definition) is 4. The van der Waals surface area contributed by atoms with Gasteiger partial charge in [0.2, 0.25) is 5.91 Å². The van der Waals surface area contributed by atoms with Gasteiger partial charge in [-0.2, -0.15) is 0 Å². The van der Waals surface area contributed by atoms with Gasteiger partial charge in [0.25, 0.3) is 0 Å². The highest BCUT2D eigenvalue weighted by molar-refractivity contribution is 5.92. The highest BCUT2D eigenvalue weighted by atomic mass is 16.3. The van der Waals surface area contributed by atoms with Gasteiger partial charge in [-0.25, -0.2) is 0 Å². The number of carbonyl (C=O) groups excluding carboxylic acids is 1. The van der Waals surface area contributed by atoms with E-state index < -0.39 is 12.2 Å². The van der Waals surface area contributed by atoms with Crippen LogP contribution in [0.15, 0.2) is 30.3 Å². The van der Waals surface area contributed by atoms with Crippen molar-refractivity contribution in [2.24, 2.45) is 0 Å². The van der Waals surface area contributed by atoms with Crippen molar-refractivity contribution < 1.29 is 20.1 Å². The molecule has 18 heavy (non-hydrogen) atoms. The first-order valence-electron chi connectivity index (χ1n) is 5.68. The molecule has 0 saturated carbocycles. The number of phenolic OH excluding ortho intramolecular Hbond substituents is 1. The van der Waals surface area contributed by atoms with Gasteiger partial charge in [0.15, 0.2) is 0 Å². The standard InChI is InChI=1S/C13H15NO4/c15-10-4-1-9(2-5-10)3-6-13(18)14-7-11(16)12(17)8-14/h1-6,11-12,15-17H,7-8H2/b6-3+/t11-,12-/m0/s1. The average molecular weight is 249 g/mol. The quantitative estimate of drug-likeness (QED) is 0.643. The average Bonchev–Trinajstić information content (AvgIpc) is 2.69. The number of aromatic hydroxyl groups is 1. The summed E-state index contributed by atoms with van der Waals surface area (Å²) in [5.41, 5.74) is 0.793. The van der Waals surface area contributed by atoms with Crippen LogP contribution in [-0.4, -0.2) is 51.4 Å². The molecular weight excluding hydrogens is 234 g/mol. The number of hydrogen-bond donors (Lipinski definition) is 3. The van der Waals surface area contributed by atoms with Crippen molar-refractivity contribution in [2.45, 2.75) is 12.2 Å². The molecule has 1 heterocycles. The molecule has 96 valence electrons. The zero-order chi connectivity index (χ0) is 13.1. The molecule has 2 atom stereocenters. The van der Waals surface area contributed by atoms with Crippen LogP contribution in [0.25, 0.3) is 6.08 Å². The van der Waals surface area contributed by atoms with E-state index >= 15 is 0 Å². The number of nitrogens with zero attached hydrogens (tertiary/aromatic N) is 1. The number of aliphatic hydroxyl groups excluding tert-OH is 2. The Labute approximate surface area is 105 Å². The minimum absolute atomic E-state index is 0.153. The monoisotopic (exact) mass is 249 g/mol. The summed E-state index contributed by atoms with van der Waals surface area (Å²) >= 11 is 0. The van der Waals surface area contributed by atoms with Crippen LogP contribution in [0.3, 0.4) is 0 Å². The second kappa shape index (κ2) is 5.20. The molecule has 1 saturated heterocycles. The molecule has 0 aromatic heterocycles. The summed E-state index contributed by atoms with van der Waals surface area (Å²) in [6.45, 7) is 0.305. The number of benzene rings is 1. The Morgan fingerprint density at radius 3 is 2.28 bits per heavy atom. The van der Waals surface area contributed by atoms with Crippen LogP contribution in [-0.2, 0) is 4.79 Å². The van der Waals surface area contributed by atoms with Gasteiger partial charge in [-0.15, -0.1) is 0 Å². The second-order valence-electron chi connectivity index (χ2n) is 4.30. The van der Waals surface area contributed by atoms with Gasteiger partial charge in [-0.1, -0.05) is 12.1 Å². The molecule has 1 fully saturated rings. The molecule has 5 nitrogen and oxygen atoms in total. The van der Waals surface area contributed by atoms with Crippen molar-refractivity contribution in [3.63, 3.8) is 0 Å². The van der Waals surface area contributed by atoms with Crippen molar-refractivity contribution >= 4 is 12.0 Å². The van der Waals surface area contributed by atoms with Gasteiger partial charge in [0.05, 0.1) is 12.2 Å². The van der Waals surface area contributed by atoms with Crippen molar-refractivity contribution in [2.75, 3.05) is 13.1 Å². The maximum Gasteiger partial charge on any atom is 0.246 e. The molecule has 1 aliphatic heterocycles. The summed E-state index contributed by atoms with van der Waals surface area (Å²) < 4.78 is 0. The molecule has 0 aliphatic carbocycles. The molecular formula is C13H15NO4. The van der Waals surface area contributed by atoms with Crippen molar-refractivity contribution in [3.05, 3.63) is 35.9 Å². The minimum atomic E-state index is -0.865. The number of phenols is 1. The Balaban J connectivity index is 1.97. The fourth-order valence-corrected chi connectivity index (χ4v) is 1.81. The molecule has 0 radical (unpaired) electrons. The second-order valence-corrected chi connectivity index (χ2v) is 4.30. The summed E-state index contributed by atoms with van der Waals surface area (Å²) in [5, 5.41) is 27.8. The number of rotatable bonds is 2. The van der Waals surface area contributed by atoms with Crippen LogP contribution < -0.4 is 0 Å². The smallest absolute Gasteiger partial charge is 0.246 e. The highest BCUT2D eigenvalue weighted by Crippen LogP contribution is 2.13. The topological polar surface area (TPSA) is 81.0 Å². The fraction of sp³-hybridized carbons (Fsp3) is 0.308.